The van der Waals surface area contributed by atoms with E-state index in [1.54, 1.807) is 0 Å². The third-order valence-electron chi connectivity index (χ3n) is 4.10. The highest BCUT2D eigenvalue weighted by molar-refractivity contribution is 5.56. The zero-order chi connectivity index (χ0) is 15.2. The number of likely N-dealkylation sites (tertiary alicyclic amines) is 1. The van der Waals surface area contributed by atoms with Crippen molar-refractivity contribution in [2.24, 2.45) is 0 Å². The molecule has 1 saturated heterocycles. The first-order valence-electron chi connectivity index (χ1n) is 8.32. The Kier molecular flexibility index (Phi) is 5.92. The highest BCUT2D eigenvalue weighted by Crippen LogP contribution is 2.27. The topological polar surface area (TPSA) is 24.5 Å². The van der Waals surface area contributed by atoms with Crippen LogP contribution in [-0.4, -0.2) is 36.2 Å². The van der Waals surface area contributed by atoms with Gasteiger partial charge >= 0.3 is 0 Å². The molecule has 0 aliphatic carbocycles. The van der Waals surface area contributed by atoms with Crippen molar-refractivity contribution in [1.29, 1.82) is 0 Å². The molecule has 0 radical (unpaired) electrons. The molecule has 1 N–H and O–H groups in total. The molecule has 0 aromatic heterocycles. The molecule has 1 aromatic carbocycles. The molecule has 21 heavy (non-hydrogen) atoms. The maximum absolute atomic E-state index is 5.90. The first kappa shape index (κ1) is 16.2. The predicted octanol–water partition coefficient (Wildman–Crippen LogP) is 4.15. The molecule has 1 fully saturated rings. The average molecular weight is 290 g/mol. The monoisotopic (exact) mass is 290 g/mol. The number of benzene rings is 1. The fourth-order valence-electron chi connectivity index (χ4n) is 2.94. The molecule has 0 spiro atoms. The predicted molar refractivity (Wildman–Crippen MR) is 90.2 cm³/mol. The van der Waals surface area contributed by atoms with Crippen LogP contribution in [0.4, 0.5) is 5.69 Å². The van der Waals surface area contributed by atoms with Crippen LogP contribution in [0.1, 0.15) is 47.0 Å². The molecule has 1 aromatic rings. The van der Waals surface area contributed by atoms with Gasteiger partial charge in [0.15, 0.2) is 0 Å². The third-order valence-corrected chi connectivity index (χ3v) is 4.10. The van der Waals surface area contributed by atoms with Gasteiger partial charge in [-0.2, -0.15) is 0 Å². The second-order valence-corrected chi connectivity index (χ2v) is 6.56. The molecule has 1 heterocycles. The normalized spacial score (nSPS) is 20.6. The summed E-state index contributed by atoms with van der Waals surface area (Å²) in [7, 11) is 0. The number of rotatable bonds is 5. The summed E-state index contributed by atoms with van der Waals surface area (Å²) in [5.41, 5.74) is 1.13. The molecule has 1 aliphatic heterocycles. The molecule has 3 nitrogen and oxygen atoms in total. The standard InChI is InChI=1S/C18H30N2O/c1-14(2)20-12-7-8-16(11-13-20)19-17-9-5-6-10-18(17)21-15(3)4/h5-6,9-10,14-16,19H,7-8,11-13H2,1-4H3. The van der Waals surface area contributed by atoms with Gasteiger partial charge in [-0.25, -0.2) is 0 Å². The number of nitrogens with zero attached hydrogens (tertiary/aromatic N) is 1. The maximum atomic E-state index is 5.90. The van der Waals surface area contributed by atoms with Gasteiger partial charge in [0.25, 0.3) is 0 Å². The molecule has 1 aliphatic rings. The number of nitrogens with one attached hydrogen (secondary N) is 1. The van der Waals surface area contributed by atoms with Gasteiger partial charge < -0.3 is 15.0 Å². The molecule has 1 atom stereocenters. The summed E-state index contributed by atoms with van der Waals surface area (Å²) in [5.74, 6) is 0.970. The highest BCUT2D eigenvalue weighted by Gasteiger charge is 2.19. The van der Waals surface area contributed by atoms with Crippen LogP contribution in [0, 0.1) is 0 Å². The molecule has 0 amide bonds. The van der Waals surface area contributed by atoms with Crippen molar-refractivity contribution >= 4 is 5.69 Å². The van der Waals surface area contributed by atoms with E-state index in [1.807, 2.05) is 6.07 Å². The van der Waals surface area contributed by atoms with Crippen LogP contribution >= 0.6 is 0 Å². The minimum absolute atomic E-state index is 0.207. The summed E-state index contributed by atoms with van der Waals surface area (Å²) >= 11 is 0. The first-order chi connectivity index (χ1) is 10.1. The summed E-state index contributed by atoms with van der Waals surface area (Å²) in [6.07, 6.45) is 3.91. The second-order valence-electron chi connectivity index (χ2n) is 6.56. The fraction of sp³-hybridized carbons (Fsp3) is 0.667. The van der Waals surface area contributed by atoms with Gasteiger partial charge in [0, 0.05) is 18.6 Å². The van der Waals surface area contributed by atoms with Gasteiger partial charge in [0.05, 0.1) is 11.8 Å². The summed E-state index contributed by atoms with van der Waals surface area (Å²) in [5, 5.41) is 3.70. The Morgan fingerprint density at radius 1 is 1.10 bits per heavy atom. The van der Waals surface area contributed by atoms with Crippen LogP contribution in [0.2, 0.25) is 0 Å². The van der Waals surface area contributed by atoms with E-state index in [4.69, 9.17) is 4.74 Å². The molecule has 2 rings (SSSR count). The lowest BCUT2D eigenvalue weighted by Gasteiger charge is -2.25. The second kappa shape index (κ2) is 7.69. The Hall–Kier alpha value is -1.22. The SMILES string of the molecule is CC(C)Oc1ccccc1NC1CCCN(C(C)C)CC1. The van der Waals surface area contributed by atoms with Crippen LogP contribution in [0.15, 0.2) is 24.3 Å². The minimum atomic E-state index is 0.207. The van der Waals surface area contributed by atoms with Gasteiger partial charge in [-0.15, -0.1) is 0 Å². The molecular weight excluding hydrogens is 260 g/mol. The lowest BCUT2D eigenvalue weighted by molar-refractivity contribution is 0.230. The van der Waals surface area contributed by atoms with E-state index in [0.29, 0.717) is 12.1 Å². The number of hydrogen-bond donors (Lipinski definition) is 1. The Labute approximate surface area is 129 Å². The maximum Gasteiger partial charge on any atom is 0.142 e. The van der Waals surface area contributed by atoms with Gasteiger partial charge in [-0.05, 0) is 65.6 Å². The van der Waals surface area contributed by atoms with Gasteiger partial charge in [-0.1, -0.05) is 12.1 Å². The largest absolute Gasteiger partial charge is 0.489 e. The van der Waals surface area contributed by atoms with E-state index in [2.05, 4.69) is 56.1 Å². The third kappa shape index (κ3) is 4.92. The van der Waals surface area contributed by atoms with E-state index >= 15 is 0 Å². The zero-order valence-electron chi connectivity index (χ0n) is 13.9. The van der Waals surface area contributed by atoms with E-state index in [9.17, 15) is 0 Å². The number of ether oxygens (including phenoxy) is 1. The van der Waals surface area contributed by atoms with Crippen LogP contribution in [0.3, 0.4) is 0 Å². The Morgan fingerprint density at radius 2 is 1.86 bits per heavy atom. The van der Waals surface area contributed by atoms with Crippen molar-refractivity contribution in [2.45, 2.75) is 65.1 Å². The molecule has 118 valence electrons. The van der Waals surface area contributed by atoms with E-state index in [1.165, 1.54) is 32.4 Å². The molecule has 3 heteroatoms. The van der Waals surface area contributed by atoms with Crippen molar-refractivity contribution in [3.8, 4) is 5.75 Å². The molecule has 0 saturated carbocycles. The van der Waals surface area contributed by atoms with Crippen molar-refractivity contribution in [2.75, 3.05) is 18.4 Å². The number of anilines is 1. The lowest BCUT2D eigenvalue weighted by Crippen LogP contribution is -2.32. The summed E-state index contributed by atoms with van der Waals surface area (Å²) in [4.78, 5) is 2.58. The Morgan fingerprint density at radius 3 is 2.57 bits per heavy atom. The van der Waals surface area contributed by atoms with Crippen LogP contribution in [-0.2, 0) is 0 Å². The average Bonchev–Trinajstić information content (AvgIpc) is 2.66. The number of para-hydroxylation sites is 2. The van der Waals surface area contributed by atoms with Crippen LogP contribution in [0.5, 0.6) is 5.75 Å². The summed E-state index contributed by atoms with van der Waals surface area (Å²) < 4.78 is 5.90. The molecule has 0 bridgehead atoms. The van der Waals surface area contributed by atoms with Gasteiger partial charge in [0.2, 0.25) is 0 Å². The zero-order valence-corrected chi connectivity index (χ0v) is 13.9. The van der Waals surface area contributed by atoms with Crippen LogP contribution in [0.25, 0.3) is 0 Å². The van der Waals surface area contributed by atoms with Crippen molar-refractivity contribution in [3.05, 3.63) is 24.3 Å². The lowest BCUT2D eigenvalue weighted by atomic mass is 10.1. The van der Waals surface area contributed by atoms with E-state index in [0.717, 1.165) is 11.4 Å². The smallest absolute Gasteiger partial charge is 0.142 e. The van der Waals surface area contributed by atoms with Gasteiger partial charge in [-0.3, -0.25) is 0 Å². The van der Waals surface area contributed by atoms with Crippen molar-refractivity contribution in [1.82, 2.24) is 4.90 Å². The quantitative estimate of drug-likeness (QED) is 0.881. The van der Waals surface area contributed by atoms with Crippen LogP contribution < -0.4 is 10.1 Å². The minimum Gasteiger partial charge on any atom is -0.489 e. The first-order valence-corrected chi connectivity index (χ1v) is 8.32. The Bertz CT molecular complexity index is 431. The summed E-state index contributed by atoms with van der Waals surface area (Å²) in [6, 6.07) is 9.50. The fourth-order valence-corrected chi connectivity index (χ4v) is 2.94. The van der Waals surface area contributed by atoms with E-state index < -0.39 is 0 Å². The van der Waals surface area contributed by atoms with Gasteiger partial charge in [0.1, 0.15) is 5.75 Å². The summed E-state index contributed by atoms with van der Waals surface area (Å²) in [6.45, 7) is 11.1. The highest BCUT2D eigenvalue weighted by atomic mass is 16.5. The van der Waals surface area contributed by atoms with E-state index in [-0.39, 0.29) is 6.10 Å². The molecular formula is C18H30N2O. The Balaban J connectivity index is 1.98. The number of hydrogen-bond acceptors (Lipinski definition) is 3. The molecule has 1 unspecified atom stereocenters. The van der Waals surface area contributed by atoms with Crippen molar-refractivity contribution in [3.63, 3.8) is 0 Å². The van der Waals surface area contributed by atoms with Crippen molar-refractivity contribution < 1.29 is 4.74 Å².